The topological polar surface area (TPSA) is 75.6 Å². The first kappa shape index (κ1) is 18.4. The second-order valence-corrected chi connectivity index (χ2v) is 7.52. The lowest BCUT2D eigenvalue weighted by Gasteiger charge is -2.11. The molecule has 0 atom stereocenters. The van der Waals surface area contributed by atoms with E-state index in [1.54, 1.807) is 36.4 Å². The molecule has 0 spiro atoms. The van der Waals surface area contributed by atoms with Gasteiger partial charge >= 0.3 is 0 Å². The van der Waals surface area contributed by atoms with Crippen molar-refractivity contribution in [3.63, 3.8) is 0 Å². The number of aromatic amines is 2. The van der Waals surface area contributed by atoms with Gasteiger partial charge in [-0.15, -0.1) is 0 Å². The second kappa shape index (κ2) is 7.01. The number of nitrogens with zero attached hydrogens (tertiary/aromatic N) is 2. The van der Waals surface area contributed by atoms with E-state index in [9.17, 15) is 9.59 Å². The zero-order valence-corrected chi connectivity index (χ0v) is 17.1. The number of rotatable bonds is 2. The Morgan fingerprint density at radius 3 is 1.33 bits per heavy atom. The van der Waals surface area contributed by atoms with Gasteiger partial charge in [-0.25, -0.2) is 0 Å². The Morgan fingerprint density at radius 1 is 0.567 bits per heavy atom. The van der Waals surface area contributed by atoms with Crippen LogP contribution in [0.25, 0.3) is 33.2 Å². The standard InChI is InChI=1S/C22H14N4O2S2/c27-19-15-5-1-3-7-17(15)23-21(29)25(19)13-9-11-14(12-10-13)26-20(28)16-6-2-4-8-18(16)24-22(26)30/h1-12H,(H,23,29)(H,24,30). The average Bonchev–Trinajstić information content (AvgIpc) is 2.75. The Balaban J connectivity index is 1.68. The Morgan fingerprint density at radius 2 is 0.933 bits per heavy atom. The molecule has 0 bridgehead atoms. The van der Waals surface area contributed by atoms with Crippen molar-refractivity contribution in [3.8, 4) is 11.4 Å². The maximum absolute atomic E-state index is 13.0. The maximum atomic E-state index is 13.0. The number of hydrogen-bond acceptors (Lipinski definition) is 4. The van der Waals surface area contributed by atoms with Crippen LogP contribution >= 0.6 is 24.4 Å². The van der Waals surface area contributed by atoms with Crippen LogP contribution in [0.3, 0.4) is 0 Å². The van der Waals surface area contributed by atoms with E-state index in [-0.39, 0.29) is 11.1 Å². The molecule has 5 rings (SSSR count). The van der Waals surface area contributed by atoms with Gasteiger partial charge < -0.3 is 9.97 Å². The lowest BCUT2D eigenvalue weighted by Crippen LogP contribution is -2.22. The zero-order valence-electron chi connectivity index (χ0n) is 15.5. The highest BCUT2D eigenvalue weighted by molar-refractivity contribution is 7.71. The van der Waals surface area contributed by atoms with Crippen LogP contribution in [0, 0.1) is 9.54 Å². The number of aromatic nitrogens is 4. The van der Waals surface area contributed by atoms with Crippen molar-refractivity contribution in [1.29, 1.82) is 0 Å². The van der Waals surface area contributed by atoms with Gasteiger partial charge in [0.25, 0.3) is 11.1 Å². The Labute approximate surface area is 179 Å². The van der Waals surface area contributed by atoms with Crippen LogP contribution in [-0.2, 0) is 0 Å². The van der Waals surface area contributed by atoms with Crippen molar-refractivity contribution in [2.45, 2.75) is 0 Å². The molecule has 30 heavy (non-hydrogen) atoms. The average molecular weight is 431 g/mol. The molecule has 2 heterocycles. The van der Waals surface area contributed by atoms with Crippen molar-refractivity contribution >= 4 is 46.2 Å². The van der Waals surface area contributed by atoms with Crippen LogP contribution in [0.4, 0.5) is 0 Å². The van der Waals surface area contributed by atoms with Crippen LogP contribution < -0.4 is 11.1 Å². The van der Waals surface area contributed by atoms with E-state index in [4.69, 9.17) is 24.4 Å². The van der Waals surface area contributed by atoms with Gasteiger partial charge in [-0.2, -0.15) is 0 Å². The fraction of sp³-hybridized carbons (Fsp3) is 0. The summed E-state index contributed by atoms with van der Waals surface area (Å²) in [7, 11) is 0. The highest BCUT2D eigenvalue weighted by Crippen LogP contribution is 2.15. The first-order chi connectivity index (χ1) is 14.5. The summed E-state index contributed by atoms with van der Waals surface area (Å²) in [6, 6.07) is 21.4. The molecular formula is C22H14N4O2S2. The minimum absolute atomic E-state index is 0.206. The fourth-order valence-electron chi connectivity index (χ4n) is 3.54. The van der Waals surface area contributed by atoms with Crippen LogP contribution in [0.2, 0.25) is 0 Å². The summed E-state index contributed by atoms with van der Waals surface area (Å²) < 4.78 is 3.47. The van der Waals surface area contributed by atoms with Crippen molar-refractivity contribution < 1.29 is 0 Å². The Kier molecular flexibility index (Phi) is 4.30. The molecule has 0 saturated heterocycles. The summed E-state index contributed by atoms with van der Waals surface area (Å²) in [5, 5.41) is 1.09. The summed E-state index contributed by atoms with van der Waals surface area (Å²) in [4.78, 5) is 32.1. The number of H-pyrrole nitrogens is 2. The van der Waals surface area contributed by atoms with E-state index < -0.39 is 0 Å². The van der Waals surface area contributed by atoms with Crippen molar-refractivity contribution in [2.75, 3.05) is 0 Å². The third-order valence-corrected chi connectivity index (χ3v) is 5.55. The van der Waals surface area contributed by atoms with Gasteiger partial charge in [-0.1, -0.05) is 24.3 Å². The molecule has 8 heteroatoms. The van der Waals surface area contributed by atoms with Crippen molar-refractivity contribution in [1.82, 2.24) is 19.1 Å². The molecule has 6 nitrogen and oxygen atoms in total. The summed E-state index contributed by atoms with van der Waals surface area (Å²) in [6.07, 6.45) is 0. The highest BCUT2D eigenvalue weighted by Gasteiger charge is 2.10. The predicted octanol–water partition coefficient (Wildman–Crippen LogP) is 4.41. The second-order valence-electron chi connectivity index (χ2n) is 6.75. The first-order valence-corrected chi connectivity index (χ1v) is 9.95. The third kappa shape index (κ3) is 2.85. The smallest absolute Gasteiger partial charge is 0.266 e. The minimum atomic E-state index is -0.206. The number of nitrogens with one attached hydrogen (secondary N) is 2. The summed E-state index contributed by atoms with van der Waals surface area (Å²) in [5.74, 6) is 0. The van der Waals surface area contributed by atoms with Gasteiger partial charge in [-0.3, -0.25) is 18.7 Å². The van der Waals surface area contributed by atoms with Gasteiger partial charge in [0, 0.05) is 0 Å². The van der Waals surface area contributed by atoms with E-state index in [2.05, 4.69) is 9.97 Å². The normalized spacial score (nSPS) is 11.2. The molecule has 2 aromatic heterocycles. The van der Waals surface area contributed by atoms with Crippen LogP contribution in [0.15, 0.2) is 82.4 Å². The van der Waals surface area contributed by atoms with Gasteiger partial charge in [0.15, 0.2) is 9.54 Å². The van der Waals surface area contributed by atoms with E-state index in [1.807, 2.05) is 36.4 Å². The number of fused-ring (bicyclic) bond motifs is 2. The van der Waals surface area contributed by atoms with Gasteiger partial charge in [-0.05, 0) is 73.0 Å². The van der Waals surface area contributed by atoms with Crippen molar-refractivity contribution in [2.24, 2.45) is 0 Å². The SMILES string of the molecule is O=c1c2ccccc2[nH]c(=S)n1-c1ccc(-n2c(=S)[nH]c3ccccc3c2=O)cc1. The number of para-hydroxylation sites is 2. The predicted molar refractivity (Wildman–Crippen MR) is 123 cm³/mol. The lowest BCUT2D eigenvalue weighted by molar-refractivity contribution is 0.922. The van der Waals surface area contributed by atoms with Gasteiger partial charge in [0.05, 0.1) is 33.2 Å². The molecule has 0 aliphatic rings. The van der Waals surface area contributed by atoms with Crippen molar-refractivity contribution in [3.05, 3.63) is 103 Å². The fourth-order valence-corrected chi connectivity index (χ4v) is 4.14. The molecular weight excluding hydrogens is 416 g/mol. The Hall–Kier alpha value is -3.62. The number of hydrogen-bond donors (Lipinski definition) is 2. The quantitative estimate of drug-likeness (QED) is 0.407. The highest BCUT2D eigenvalue weighted by atomic mass is 32.1. The maximum Gasteiger partial charge on any atom is 0.266 e. The molecule has 0 saturated carbocycles. The molecule has 0 aliphatic heterocycles. The molecule has 0 radical (unpaired) electrons. The minimum Gasteiger partial charge on any atom is -0.331 e. The zero-order chi connectivity index (χ0) is 20.8. The number of benzene rings is 3. The van der Waals surface area contributed by atoms with E-state index >= 15 is 0 Å². The molecule has 3 aromatic carbocycles. The summed E-state index contributed by atoms with van der Waals surface area (Å²) in [5.41, 5.74) is 2.16. The van der Waals surface area contributed by atoms with E-state index in [1.165, 1.54) is 9.13 Å². The molecule has 0 unspecified atom stereocenters. The van der Waals surface area contributed by atoms with Crippen LogP contribution in [-0.4, -0.2) is 19.1 Å². The van der Waals surface area contributed by atoms with Crippen LogP contribution in [0.1, 0.15) is 0 Å². The lowest BCUT2D eigenvalue weighted by atomic mass is 10.2. The van der Waals surface area contributed by atoms with Gasteiger partial charge in [0.1, 0.15) is 0 Å². The van der Waals surface area contributed by atoms with Gasteiger partial charge in [0.2, 0.25) is 0 Å². The van der Waals surface area contributed by atoms with E-state index in [0.29, 0.717) is 42.7 Å². The summed E-state index contributed by atoms with van der Waals surface area (Å²) in [6.45, 7) is 0. The largest absolute Gasteiger partial charge is 0.331 e. The first-order valence-electron chi connectivity index (χ1n) is 9.13. The molecule has 146 valence electrons. The molecule has 5 aromatic rings. The molecule has 0 fully saturated rings. The van der Waals surface area contributed by atoms with E-state index in [0.717, 1.165) is 0 Å². The molecule has 0 amide bonds. The van der Waals surface area contributed by atoms with Crippen LogP contribution in [0.5, 0.6) is 0 Å². The molecule has 2 N–H and O–H groups in total. The Bertz CT molecular complexity index is 1550. The third-order valence-electron chi connectivity index (χ3n) is 4.98. The summed E-state index contributed by atoms with van der Waals surface area (Å²) >= 11 is 10.8. The monoisotopic (exact) mass is 430 g/mol. The molecule has 0 aliphatic carbocycles.